The quantitative estimate of drug-likeness (QED) is 0.147. The van der Waals surface area contributed by atoms with Crippen molar-refractivity contribution in [3.63, 3.8) is 0 Å². The van der Waals surface area contributed by atoms with Gasteiger partial charge in [-0.2, -0.15) is 0 Å². The van der Waals surface area contributed by atoms with Crippen LogP contribution >= 0.6 is 7.82 Å². The number of hydrogen-bond donors (Lipinski definition) is 5. The maximum atomic E-state index is 13.2. The molecule has 2 heterocycles. The monoisotopic (exact) mass is 637 g/mol. The Bertz CT molecular complexity index is 1610. The minimum atomic E-state index is -4.64. The van der Waals surface area contributed by atoms with Crippen LogP contribution in [0.1, 0.15) is 21.5 Å². The van der Waals surface area contributed by atoms with Crippen LogP contribution in [0.3, 0.4) is 0 Å². The molecule has 2 aliphatic heterocycles. The van der Waals surface area contributed by atoms with Gasteiger partial charge in [0.2, 0.25) is 5.91 Å². The van der Waals surface area contributed by atoms with Crippen LogP contribution < -0.4 is 15.5 Å². The minimum Gasteiger partial charge on any atom is -0.465 e. The van der Waals surface area contributed by atoms with Crippen LogP contribution in [-0.4, -0.2) is 96.2 Å². The maximum Gasteiger partial charge on any atom is 0.466 e. The molecule has 5 rings (SSSR count). The number of ether oxygens (including phenoxy) is 1. The van der Waals surface area contributed by atoms with Crippen LogP contribution in [-0.2, 0) is 18.9 Å². The summed E-state index contributed by atoms with van der Waals surface area (Å²) in [5.74, 6) is -0.694. The Morgan fingerprint density at radius 1 is 0.956 bits per heavy atom. The van der Waals surface area contributed by atoms with Gasteiger partial charge in [-0.3, -0.25) is 14.5 Å². The lowest BCUT2D eigenvalue weighted by molar-refractivity contribution is -0.119. The van der Waals surface area contributed by atoms with Crippen molar-refractivity contribution in [1.82, 2.24) is 9.80 Å². The first-order valence-electron chi connectivity index (χ1n) is 14.0. The Morgan fingerprint density at radius 3 is 2.18 bits per heavy atom. The van der Waals surface area contributed by atoms with Gasteiger partial charge < -0.3 is 39.9 Å². The van der Waals surface area contributed by atoms with Crippen molar-refractivity contribution in [3.8, 4) is 0 Å². The zero-order chi connectivity index (χ0) is 32.7. The summed E-state index contributed by atoms with van der Waals surface area (Å²) in [7, 11) is 0.572. The number of benzene rings is 3. The Hall–Kier alpha value is -4.36. The predicted molar refractivity (Wildman–Crippen MR) is 171 cm³/mol. The summed E-state index contributed by atoms with van der Waals surface area (Å²) >= 11 is 0. The van der Waals surface area contributed by atoms with Gasteiger partial charge in [-0.25, -0.2) is 9.36 Å². The normalized spacial score (nSPS) is 16.1. The average molecular weight is 638 g/mol. The highest BCUT2D eigenvalue weighted by Crippen LogP contribution is 2.38. The van der Waals surface area contributed by atoms with Crippen LogP contribution in [0.15, 0.2) is 72.8 Å². The fourth-order valence-corrected chi connectivity index (χ4v) is 4.91. The van der Waals surface area contributed by atoms with E-state index in [1.165, 1.54) is 7.11 Å². The second-order valence-electron chi connectivity index (χ2n) is 10.5. The zero-order valence-corrected chi connectivity index (χ0v) is 26.0. The summed E-state index contributed by atoms with van der Waals surface area (Å²) in [6.07, 6.45) is 0. The molecule has 3 aromatic carbocycles. The smallest absolute Gasteiger partial charge is 0.465 e. The highest BCUT2D eigenvalue weighted by Gasteiger charge is 2.29. The molecule has 45 heavy (non-hydrogen) atoms. The lowest BCUT2D eigenvalue weighted by atomic mass is 9.99. The Morgan fingerprint density at radius 2 is 1.58 bits per heavy atom. The molecular formula is C31H36N5O8P. The van der Waals surface area contributed by atoms with Gasteiger partial charge in [-0.15, -0.1) is 0 Å². The van der Waals surface area contributed by atoms with Gasteiger partial charge in [0.15, 0.2) is 0 Å². The van der Waals surface area contributed by atoms with Crippen LogP contribution in [0.4, 0.5) is 17.1 Å². The number of phosphoric acid groups is 1. The first kappa shape index (κ1) is 33.5. The molecule has 0 bridgehead atoms. The molecule has 0 aliphatic carbocycles. The molecule has 0 aromatic heterocycles. The number of piperazine rings is 1. The van der Waals surface area contributed by atoms with E-state index in [1.807, 2.05) is 54.6 Å². The molecule has 1 fully saturated rings. The Kier molecular flexibility index (Phi) is 10.9. The summed E-state index contributed by atoms with van der Waals surface area (Å²) in [6, 6.07) is 22.2. The number of carbonyl (C=O) groups is 3. The van der Waals surface area contributed by atoms with Crippen LogP contribution in [0.5, 0.6) is 0 Å². The van der Waals surface area contributed by atoms with Crippen LogP contribution in [0.25, 0.3) is 11.3 Å². The standard InChI is InChI=1S/C31H33N5O4.H3O4P/c1-34-15-17-36(18-16-34)20-27(37)35(2)24-12-10-23(11-13-24)32-29(21-7-5-4-6-8-21)28-25-14-9-22(31(39)40-3)19-26(25)33-30(28)38;1-5(2,3)4/h4-14,19,32H,15-18,20H2,1-3H3,(H,33,38);(H3,1,2,3,4). The number of methoxy groups -OCH3 is 1. The van der Waals surface area contributed by atoms with Crippen molar-refractivity contribution >= 4 is 53.9 Å². The lowest BCUT2D eigenvalue weighted by Gasteiger charge is -2.32. The van der Waals surface area contributed by atoms with Crippen molar-refractivity contribution in [2.24, 2.45) is 0 Å². The van der Waals surface area contributed by atoms with Gasteiger partial charge in [-0.1, -0.05) is 36.4 Å². The molecule has 3 aromatic rings. The third-order valence-electron chi connectivity index (χ3n) is 7.35. The van der Waals surface area contributed by atoms with E-state index in [0.29, 0.717) is 34.6 Å². The maximum absolute atomic E-state index is 13.2. The predicted octanol–water partition coefficient (Wildman–Crippen LogP) is 2.69. The van der Waals surface area contributed by atoms with Gasteiger partial charge in [-0.05, 0) is 49.0 Å². The molecule has 0 radical (unpaired) electrons. The van der Waals surface area contributed by atoms with E-state index < -0.39 is 13.8 Å². The molecule has 0 saturated carbocycles. The number of nitrogens with one attached hydrogen (secondary N) is 2. The third-order valence-corrected chi connectivity index (χ3v) is 7.35. The fourth-order valence-electron chi connectivity index (χ4n) is 4.91. The molecule has 0 spiro atoms. The van der Waals surface area contributed by atoms with Gasteiger partial charge >= 0.3 is 13.8 Å². The second-order valence-corrected chi connectivity index (χ2v) is 11.6. The number of esters is 1. The number of carbonyl (C=O) groups excluding carboxylic acids is 3. The largest absolute Gasteiger partial charge is 0.466 e. The van der Waals surface area contributed by atoms with E-state index in [2.05, 4.69) is 27.5 Å². The molecule has 2 amide bonds. The first-order valence-corrected chi connectivity index (χ1v) is 15.6. The van der Waals surface area contributed by atoms with Gasteiger partial charge in [0.05, 0.1) is 36.2 Å². The molecule has 5 N–H and O–H groups in total. The van der Waals surface area contributed by atoms with E-state index >= 15 is 0 Å². The average Bonchev–Trinajstić information content (AvgIpc) is 3.34. The molecule has 1 saturated heterocycles. The fraction of sp³-hybridized carbons (Fsp3) is 0.258. The summed E-state index contributed by atoms with van der Waals surface area (Å²) in [4.78, 5) is 65.8. The van der Waals surface area contributed by atoms with Crippen molar-refractivity contribution in [3.05, 3.63) is 89.5 Å². The molecular weight excluding hydrogens is 601 g/mol. The number of anilines is 3. The molecule has 238 valence electrons. The number of rotatable bonds is 7. The Labute approximate surface area is 261 Å². The van der Waals surface area contributed by atoms with E-state index in [-0.39, 0.29) is 11.8 Å². The van der Waals surface area contributed by atoms with E-state index in [1.54, 1.807) is 30.1 Å². The number of likely N-dealkylation sites (N-methyl/N-ethyl adjacent to an activating group) is 2. The lowest BCUT2D eigenvalue weighted by Crippen LogP contribution is -2.48. The topological polar surface area (TPSA) is 172 Å². The van der Waals surface area contributed by atoms with Gasteiger partial charge in [0.25, 0.3) is 5.91 Å². The van der Waals surface area contributed by atoms with Crippen molar-refractivity contribution < 1.29 is 38.4 Å². The Balaban J connectivity index is 0.000000854. The number of fused-ring (bicyclic) bond motifs is 1. The first-order chi connectivity index (χ1) is 21.3. The second kappa shape index (κ2) is 14.6. The van der Waals surface area contributed by atoms with E-state index in [0.717, 1.165) is 43.1 Å². The summed E-state index contributed by atoms with van der Waals surface area (Å²) < 4.78 is 13.7. The SMILES string of the molecule is COC(=O)c1ccc2c(c1)NC(=O)C2=C(Nc1ccc(N(C)C(=O)CN2CCN(C)CC2)cc1)c1ccccc1.O=P(O)(O)O. The highest BCUT2D eigenvalue weighted by atomic mass is 31.2. The van der Waals surface area contributed by atoms with Gasteiger partial charge in [0, 0.05) is 50.2 Å². The molecule has 13 nitrogen and oxygen atoms in total. The molecule has 2 aliphatic rings. The van der Waals surface area contributed by atoms with Crippen LogP contribution in [0, 0.1) is 0 Å². The van der Waals surface area contributed by atoms with Crippen molar-refractivity contribution in [2.45, 2.75) is 0 Å². The van der Waals surface area contributed by atoms with Crippen molar-refractivity contribution in [1.29, 1.82) is 0 Å². The number of amides is 2. The number of hydrogen-bond acceptors (Lipinski definition) is 8. The zero-order valence-electron chi connectivity index (χ0n) is 25.1. The molecule has 14 heteroatoms. The minimum absolute atomic E-state index is 0.0444. The molecule has 0 unspecified atom stereocenters. The summed E-state index contributed by atoms with van der Waals surface area (Å²) in [6.45, 7) is 4.09. The van der Waals surface area contributed by atoms with E-state index in [4.69, 9.17) is 24.0 Å². The summed E-state index contributed by atoms with van der Waals surface area (Å²) in [5, 5.41) is 6.31. The van der Waals surface area contributed by atoms with Crippen LogP contribution in [0.2, 0.25) is 0 Å². The van der Waals surface area contributed by atoms with Crippen molar-refractivity contribution in [2.75, 3.05) is 69.5 Å². The van der Waals surface area contributed by atoms with Gasteiger partial charge in [0.1, 0.15) is 0 Å². The summed E-state index contributed by atoms with van der Waals surface area (Å²) in [5.41, 5.74) is 5.10. The highest BCUT2D eigenvalue weighted by molar-refractivity contribution is 7.45. The number of nitrogens with zero attached hydrogens (tertiary/aromatic N) is 3. The van der Waals surface area contributed by atoms with E-state index in [9.17, 15) is 14.4 Å². The molecule has 0 atom stereocenters. The third kappa shape index (κ3) is 9.08.